The van der Waals surface area contributed by atoms with Crippen molar-refractivity contribution in [1.82, 2.24) is 9.88 Å². The Kier molecular flexibility index (Phi) is 3.49. The van der Waals surface area contributed by atoms with Gasteiger partial charge in [-0.25, -0.2) is 0 Å². The zero-order chi connectivity index (χ0) is 13.4. The van der Waals surface area contributed by atoms with Crippen molar-refractivity contribution >= 4 is 0 Å². The summed E-state index contributed by atoms with van der Waals surface area (Å²) in [6.07, 6.45) is 10.6. The molecule has 1 aromatic heterocycles. The Morgan fingerprint density at radius 2 is 2.30 bits per heavy atom. The average molecular weight is 272 g/mol. The third-order valence-electron chi connectivity index (χ3n) is 5.50. The number of fused-ring (bicyclic) bond motifs is 1. The minimum atomic E-state index is 0.708. The molecule has 0 aromatic carbocycles. The monoisotopic (exact) mass is 272 g/mol. The zero-order valence-electron chi connectivity index (χ0n) is 12.1. The molecule has 0 radical (unpaired) electrons. The first-order valence-corrected chi connectivity index (χ1v) is 8.15. The molecule has 2 unspecified atom stereocenters. The van der Waals surface area contributed by atoms with Crippen LogP contribution in [0.5, 0.6) is 0 Å². The molecule has 0 amide bonds. The van der Waals surface area contributed by atoms with Crippen molar-refractivity contribution in [3.05, 3.63) is 29.6 Å². The molecule has 2 aliphatic heterocycles. The molecule has 0 bridgehead atoms. The summed E-state index contributed by atoms with van der Waals surface area (Å²) in [4.78, 5) is 6.95. The number of rotatable bonds is 3. The molecule has 3 atom stereocenters. The van der Waals surface area contributed by atoms with Crippen LogP contribution in [0.1, 0.15) is 42.7 Å². The number of aryl methyl sites for hydroxylation is 1. The summed E-state index contributed by atoms with van der Waals surface area (Å²) in [6, 6.07) is 2.96. The summed E-state index contributed by atoms with van der Waals surface area (Å²) >= 11 is 0. The van der Waals surface area contributed by atoms with Gasteiger partial charge in [0, 0.05) is 31.6 Å². The summed E-state index contributed by atoms with van der Waals surface area (Å²) in [7, 11) is 0. The van der Waals surface area contributed by atoms with E-state index in [9.17, 15) is 0 Å². The number of pyridine rings is 1. The molecule has 3 heteroatoms. The minimum absolute atomic E-state index is 0.708. The molecule has 4 rings (SSSR count). The maximum absolute atomic E-state index is 5.54. The van der Waals surface area contributed by atoms with Crippen molar-refractivity contribution in [2.45, 2.75) is 44.1 Å². The van der Waals surface area contributed by atoms with Gasteiger partial charge in [-0.05, 0) is 67.7 Å². The second kappa shape index (κ2) is 5.45. The number of nitrogens with zero attached hydrogens (tertiary/aromatic N) is 2. The van der Waals surface area contributed by atoms with Crippen LogP contribution >= 0.6 is 0 Å². The lowest BCUT2D eigenvalue weighted by molar-refractivity contribution is 0.156. The van der Waals surface area contributed by atoms with Crippen molar-refractivity contribution in [3.63, 3.8) is 0 Å². The van der Waals surface area contributed by atoms with E-state index < -0.39 is 0 Å². The zero-order valence-corrected chi connectivity index (χ0v) is 12.1. The Labute approximate surface area is 121 Å². The van der Waals surface area contributed by atoms with Crippen LogP contribution in [0.4, 0.5) is 0 Å². The van der Waals surface area contributed by atoms with Gasteiger partial charge in [0.15, 0.2) is 0 Å². The van der Waals surface area contributed by atoms with Crippen molar-refractivity contribution < 1.29 is 4.74 Å². The molecule has 1 aliphatic carbocycles. The molecule has 3 heterocycles. The van der Waals surface area contributed by atoms with Gasteiger partial charge < -0.3 is 4.74 Å². The number of hydrogen-bond acceptors (Lipinski definition) is 3. The third kappa shape index (κ3) is 2.38. The van der Waals surface area contributed by atoms with E-state index in [2.05, 4.69) is 22.1 Å². The van der Waals surface area contributed by atoms with Crippen LogP contribution in [0.25, 0.3) is 0 Å². The van der Waals surface area contributed by atoms with E-state index in [4.69, 9.17) is 4.74 Å². The van der Waals surface area contributed by atoms with Crippen LogP contribution in [0.15, 0.2) is 18.5 Å². The van der Waals surface area contributed by atoms with Crippen LogP contribution in [-0.4, -0.2) is 42.2 Å². The second-order valence-corrected chi connectivity index (χ2v) is 6.71. The van der Waals surface area contributed by atoms with E-state index in [0.29, 0.717) is 6.04 Å². The fraction of sp³-hybridized carbons (Fsp3) is 0.706. The fourth-order valence-electron chi connectivity index (χ4n) is 4.37. The van der Waals surface area contributed by atoms with E-state index in [1.807, 2.05) is 6.20 Å². The SMILES string of the molecule is c1cc2c(cn1)CCC2C[C@@H]1CCN(C2CCOC2)C1. The van der Waals surface area contributed by atoms with Gasteiger partial charge in [0.2, 0.25) is 0 Å². The maximum atomic E-state index is 5.54. The van der Waals surface area contributed by atoms with Gasteiger partial charge in [0.25, 0.3) is 0 Å². The predicted molar refractivity (Wildman–Crippen MR) is 78.8 cm³/mol. The molecule has 20 heavy (non-hydrogen) atoms. The Bertz CT molecular complexity index is 470. The van der Waals surface area contributed by atoms with Gasteiger partial charge in [0.05, 0.1) is 6.61 Å². The molecular formula is C17H24N2O. The molecule has 2 saturated heterocycles. The molecule has 2 fully saturated rings. The standard InChI is InChI=1S/C17H24N2O/c1-2-15-10-18-6-3-17(15)14(1)9-13-4-7-19(11-13)16-5-8-20-12-16/h3,6,10,13-14,16H,1-2,4-5,7-9,11-12H2/t13-,14?,16?/m0/s1. The van der Waals surface area contributed by atoms with Crippen molar-refractivity contribution in [2.75, 3.05) is 26.3 Å². The largest absolute Gasteiger partial charge is 0.380 e. The highest BCUT2D eigenvalue weighted by atomic mass is 16.5. The van der Waals surface area contributed by atoms with E-state index >= 15 is 0 Å². The molecule has 3 nitrogen and oxygen atoms in total. The smallest absolute Gasteiger partial charge is 0.0622 e. The molecule has 0 saturated carbocycles. The lowest BCUT2D eigenvalue weighted by Gasteiger charge is -2.23. The van der Waals surface area contributed by atoms with Gasteiger partial charge in [0.1, 0.15) is 0 Å². The van der Waals surface area contributed by atoms with E-state index in [1.54, 1.807) is 5.56 Å². The lowest BCUT2D eigenvalue weighted by Crippen LogP contribution is -2.33. The Morgan fingerprint density at radius 3 is 3.20 bits per heavy atom. The number of aromatic nitrogens is 1. The van der Waals surface area contributed by atoms with Crippen molar-refractivity contribution in [1.29, 1.82) is 0 Å². The highest BCUT2D eigenvalue weighted by Gasteiger charge is 2.33. The Balaban J connectivity index is 1.37. The Hall–Kier alpha value is -0.930. The highest BCUT2D eigenvalue weighted by Crippen LogP contribution is 2.39. The van der Waals surface area contributed by atoms with Gasteiger partial charge in [-0.15, -0.1) is 0 Å². The summed E-state index contributed by atoms with van der Waals surface area (Å²) in [5.41, 5.74) is 3.08. The molecular weight excluding hydrogens is 248 g/mol. The maximum Gasteiger partial charge on any atom is 0.0622 e. The first-order chi connectivity index (χ1) is 9.90. The van der Waals surface area contributed by atoms with Gasteiger partial charge in [-0.2, -0.15) is 0 Å². The Morgan fingerprint density at radius 1 is 1.30 bits per heavy atom. The lowest BCUT2D eigenvalue weighted by atomic mass is 9.90. The highest BCUT2D eigenvalue weighted by molar-refractivity contribution is 5.32. The second-order valence-electron chi connectivity index (χ2n) is 6.71. The minimum Gasteiger partial charge on any atom is -0.380 e. The van der Waals surface area contributed by atoms with Crippen LogP contribution in [0.3, 0.4) is 0 Å². The molecule has 3 aliphatic rings. The summed E-state index contributed by atoms with van der Waals surface area (Å²) in [5, 5.41) is 0. The number of hydrogen-bond donors (Lipinski definition) is 0. The normalized spacial score (nSPS) is 33.7. The first-order valence-electron chi connectivity index (χ1n) is 8.15. The van der Waals surface area contributed by atoms with E-state index in [-0.39, 0.29) is 0 Å². The fourth-order valence-corrected chi connectivity index (χ4v) is 4.37. The van der Waals surface area contributed by atoms with E-state index in [0.717, 1.165) is 25.0 Å². The molecule has 0 spiro atoms. The predicted octanol–water partition coefficient (Wildman–Crippen LogP) is 2.61. The van der Waals surface area contributed by atoms with Crippen LogP contribution < -0.4 is 0 Å². The van der Waals surface area contributed by atoms with Crippen LogP contribution in [-0.2, 0) is 11.2 Å². The number of ether oxygens (including phenoxy) is 1. The van der Waals surface area contributed by atoms with Crippen molar-refractivity contribution in [3.8, 4) is 0 Å². The summed E-state index contributed by atoms with van der Waals surface area (Å²) in [6.45, 7) is 4.51. The quantitative estimate of drug-likeness (QED) is 0.846. The van der Waals surface area contributed by atoms with Crippen molar-refractivity contribution in [2.24, 2.45) is 5.92 Å². The molecule has 1 aromatic rings. The number of likely N-dealkylation sites (tertiary alicyclic amines) is 1. The first kappa shape index (κ1) is 12.8. The van der Waals surface area contributed by atoms with Gasteiger partial charge >= 0.3 is 0 Å². The summed E-state index contributed by atoms with van der Waals surface area (Å²) < 4.78 is 5.54. The summed E-state index contributed by atoms with van der Waals surface area (Å²) in [5.74, 6) is 1.68. The average Bonchev–Trinajstić information content (AvgIpc) is 3.19. The van der Waals surface area contributed by atoms with Gasteiger partial charge in [-0.1, -0.05) is 0 Å². The van der Waals surface area contributed by atoms with Crippen LogP contribution in [0.2, 0.25) is 0 Å². The topological polar surface area (TPSA) is 25.4 Å². The van der Waals surface area contributed by atoms with Gasteiger partial charge in [-0.3, -0.25) is 9.88 Å². The van der Waals surface area contributed by atoms with E-state index in [1.165, 1.54) is 50.8 Å². The molecule has 0 N–H and O–H groups in total. The molecule has 108 valence electrons. The van der Waals surface area contributed by atoms with Crippen LogP contribution in [0, 0.1) is 5.92 Å². The third-order valence-corrected chi connectivity index (χ3v) is 5.50.